The molecule has 1 aromatic carbocycles. The molecule has 0 aliphatic rings. The predicted octanol–water partition coefficient (Wildman–Crippen LogP) is 0.579. The fourth-order valence-corrected chi connectivity index (χ4v) is 2.54. The number of aromatic amines is 1. The van der Waals surface area contributed by atoms with E-state index < -0.39 is 9.84 Å². The molecule has 6 nitrogen and oxygen atoms in total. The normalized spacial score (nSPS) is 12.3. The van der Waals surface area contributed by atoms with Crippen molar-refractivity contribution < 1.29 is 8.42 Å². The maximum Gasteiger partial charge on any atom is 0.274 e. The van der Waals surface area contributed by atoms with Gasteiger partial charge in [-0.1, -0.05) is 0 Å². The summed E-state index contributed by atoms with van der Waals surface area (Å²) in [5, 5.41) is 0. The van der Waals surface area contributed by atoms with Gasteiger partial charge >= 0.3 is 0 Å². The van der Waals surface area contributed by atoms with Crippen LogP contribution in [0.4, 0.5) is 0 Å². The standard InChI is InChI=1S/C11H9N3O3S/c1-18(16,17)7-2-3-9-8(4-7)13-11(15)10-5-12-6-14(9)10/h2-6H,1H3,(H,13,15). The lowest BCUT2D eigenvalue weighted by Gasteiger charge is -2.04. The second-order valence-electron chi connectivity index (χ2n) is 4.05. The van der Waals surface area contributed by atoms with Gasteiger partial charge in [-0.2, -0.15) is 0 Å². The van der Waals surface area contributed by atoms with Gasteiger partial charge < -0.3 is 4.98 Å². The quantitative estimate of drug-likeness (QED) is 0.696. The van der Waals surface area contributed by atoms with Crippen LogP contribution in [0.1, 0.15) is 0 Å². The van der Waals surface area contributed by atoms with Crippen LogP contribution < -0.4 is 5.56 Å². The van der Waals surface area contributed by atoms with Gasteiger partial charge in [-0.15, -0.1) is 0 Å². The molecule has 0 saturated heterocycles. The molecule has 92 valence electrons. The molecule has 0 unspecified atom stereocenters. The molecule has 1 N–H and O–H groups in total. The number of nitrogens with zero attached hydrogens (tertiary/aromatic N) is 2. The number of aromatic nitrogens is 3. The number of H-pyrrole nitrogens is 1. The zero-order valence-corrected chi connectivity index (χ0v) is 10.2. The highest BCUT2D eigenvalue weighted by molar-refractivity contribution is 7.90. The first-order valence-corrected chi connectivity index (χ1v) is 7.04. The number of hydrogen-bond acceptors (Lipinski definition) is 4. The summed E-state index contributed by atoms with van der Waals surface area (Å²) in [5.74, 6) is 0. The van der Waals surface area contributed by atoms with Crippen LogP contribution in [0.5, 0.6) is 0 Å². The van der Waals surface area contributed by atoms with Crippen molar-refractivity contribution in [1.82, 2.24) is 14.4 Å². The Kier molecular flexibility index (Phi) is 2.09. The molecule has 3 aromatic rings. The first-order valence-electron chi connectivity index (χ1n) is 5.15. The zero-order chi connectivity index (χ0) is 12.9. The molecule has 0 spiro atoms. The van der Waals surface area contributed by atoms with Crippen LogP contribution in [0.2, 0.25) is 0 Å². The summed E-state index contributed by atoms with van der Waals surface area (Å²) in [6, 6.07) is 4.61. The van der Waals surface area contributed by atoms with Crippen molar-refractivity contribution in [3.8, 4) is 0 Å². The van der Waals surface area contributed by atoms with Gasteiger partial charge in [-0.05, 0) is 18.2 Å². The molecule has 0 aliphatic carbocycles. The maximum absolute atomic E-state index is 11.7. The van der Waals surface area contributed by atoms with E-state index in [0.29, 0.717) is 16.6 Å². The van der Waals surface area contributed by atoms with Crippen molar-refractivity contribution >= 4 is 26.4 Å². The third kappa shape index (κ3) is 1.52. The summed E-state index contributed by atoms with van der Waals surface area (Å²) in [7, 11) is -3.29. The lowest BCUT2D eigenvalue weighted by atomic mass is 10.3. The van der Waals surface area contributed by atoms with E-state index in [2.05, 4.69) is 9.97 Å². The van der Waals surface area contributed by atoms with Crippen LogP contribution in [-0.4, -0.2) is 29.0 Å². The Labute approximate surface area is 102 Å². The molecule has 2 heterocycles. The first kappa shape index (κ1) is 11.0. The number of hydrogen-bond donors (Lipinski definition) is 1. The van der Waals surface area contributed by atoms with Gasteiger partial charge in [0.2, 0.25) is 0 Å². The third-order valence-electron chi connectivity index (χ3n) is 2.78. The van der Waals surface area contributed by atoms with Gasteiger partial charge in [-0.3, -0.25) is 9.20 Å². The molecule has 0 fully saturated rings. The topological polar surface area (TPSA) is 84.3 Å². The molecule has 0 aliphatic heterocycles. The largest absolute Gasteiger partial charge is 0.319 e. The molecule has 0 amide bonds. The number of fused-ring (bicyclic) bond motifs is 3. The maximum atomic E-state index is 11.7. The SMILES string of the molecule is CS(=O)(=O)c1ccc2c(c1)[nH]c(=O)c1cncn12. The Balaban J connectivity index is 2.50. The fraction of sp³-hybridized carbons (Fsp3) is 0.0909. The average molecular weight is 263 g/mol. The van der Waals surface area contributed by atoms with Gasteiger partial charge in [-0.25, -0.2) is 13.4 Å². The summed E-state index contributed by atoms with van der Waals surface area (Å²) < 4.78 is 24.6. The van der Waals surface area contributed by atoms with Gasteiger partial charge in [0, 0.05) is 6.26 Å². The Morgan fingerprint density at radius 3 is 2.78 bits per heavy atom. The second-order valence-corrected chi connectivity index (χ2v) is 6.07. The van der Waals surface area contributed by atoms with Crippen LogP contribution >= 0.6 is 0 Å². The molecule has 18 heavy (non-hydrogen) atoms. The molecule has 7 heteroatoms. The van der Waals surface area contributed by atoms with E-state index in [1.165, 1.54) is 24.7 Å². The number of rotatable bonds is 1. The molecule has 0 radical (unpaired) electrons. The van der Waals surface area contributed by atoms with Crippen molar-refractivity contribution in [3.05, 3.63) is 41.1 Å². The molecule has 2 aromatic heterocycles. The predicted molar refractivity (Wildman–Crippen MR) is 66.4 cm³/mol. The van der Waals surface area contributed by atoms with E-state index in [1.807, 2.05) is 0 Å². The van der Waals surface area contributed by atoms with Crippen LogP contribution in [0.3, 0.4) is 0 Å². The molecule has 0 saturated carbocycles. The molecule has 0 atom stereocenters. The minimum absolute atomic E-state index is 0.171. The lowest BCUT2D eigenvalue weighted by Crippen LogP contribution is -2.10. The first-order chi connectivity index (χ1) is 8.47. The van der Waals surface area contributed by atoms with E-state index in [9.17, 15) is 13.2 Å². The van der Waals surface area contributed by atoms with E-state index in [0.717, 1.165) is 6.26 Å². The van der Waals surface area contributed by atoms with E-state index in [1.54, 1.807) is 10.5 Å². The van der Waals surface area contributed by atoms with Crippen molar-refractivity contribution in [1.29, 1.82) is 0 Å². The van der Waals surface area contributed by atoms with Crippen molar-refractivity contribution in [2.45, 2.75) is 4.90 Å². The lowest BCUT2D eigenvalue weighted by molar-refractivity contribution is 0.602. The average Bonchev–Trinajstić information content (AvgIpc) is 2.77. The summed E-state index contributed by atoms with van der Waals surface area (Å²) in [6.07, 6.45) is 4.11. The highest BCUT2D eigenvalue weighted by Crippen LogP contribution is 2.17. The third-order valence-corrected chi connectivity index (χ3v) is 3.89. The molecular formula is C11H9N3O3S. The monoisotopic (exact) mass is 263 g/mol. The summed E-state index contributed by atoms with van der Waals surface area (Å²) in [5.41, 5.74) is 1.29. The Bertz CT molecular complexity index is 922. The second kappa shape index (κ2) is 3.42. The van der Waals surface area contributed by atoms with Crippen molar-refractivity contribution in [3.63, 3.8) is 0 Å². The number of nitrogens with one attached hydrogen (secondary N) is 1. The van der Waals surface area contributed by atoms with Gasteiger partial charge in [0.1, 0.15) is 5.52 Å². The van der Waals surface area contributed by atoms with Crippen molar-refractivity contribution in [2.75, 3.05) is 6.26 Å². The highest BCUT2D eigenvalue weighted by atomic mass is 32.2. The van der Waals surface area contributed by atoms with Crippen LogP contribution in [-0.2, 0) is 9.84 Å². The number of benzene rings is 1. The Hall–Kier alpha value is -2.15. The van der Waals surface area contributed by atoms with E-state index in [4.69, 9.17) is 0 Å². The van der Waals surface area contributed by atoms with E-state index >= 15 is 0 Å². The Morgan fingerprint density at radius 2 is 2.06 bits per heavy atom. The zero-order valence-electron chi connectivity index (χ0n) is 9.41. The summed E-state index contributed by atoms with van der Waals surface area (Å²) in [6.45, 7) is 0. The molecule has 0 bridgehead atoms. The minimum atomic E-state index is -3.29. The molecular weight excluding hydrogens is 254 g/mol. The number of sulfone groups is 1. The number of imidazole rings is 1. The smallest absolute Gasteiger partial charge is 0.274 e. The van der Waals surface area contributed by atoms with Gasteiger partial charge in [0.05, 0.1) is 28.5 Å². The minimum Gasteiger partial charge on any atom is -0.319 e. The molecule has 3 rings (SSSR count). The van der Waals surface area contributed by atoms with Crippen molar-refractivity contribution in [2.24, 2.45) is 0 Å². The van der Waals surface area contributed by atoms with E-state index in [-0.39, 0.29) is 10.5 Å². The van der Waals surface area contributed by atoms with Crippen LogP contribution in [0, 0.1) is 0 Å². The fourth-order valence-electron chi connectivity index (χ4n) is 1.90. The van der Waals surface area contributed by atoms with Crippen LogP contribution in [0.15, 0.2) is 40.4 Å². The van der Waals surface area contributed by atoms with Crippen LogP contribution in [0.25, 0.3) is 16.6 Å². The highest BCUT2D eigenvalue weighted by Gasteiger charge is 2.10. The summed E-state index contributed by atoms with van der Waals surface area (Å²) in [4.78, 5) is 18.5. The Morgan fingerprint density at radius 1 is 1.28 bits per heavy atom. The summed E-state index contributed by atoms with van der Waals surface area (Å²) >= 11 is 0. The van der Waals surface area contributed by atoms with Gasteiger partial charge in [0.25, 0.3) is 5.56 Å². The van der Waals surface area contributed by atoms with Gasteiger partial charge in [0.15, 0.2) is 9.84 Å².